The van der Waals surface area contributed by atoms with Crippen LogP contribution in [0, 0.1) is 16.0 Å². The normalized spacial score (nSPS) is 17.1. The Balaban J connectivity index is 2.09. The average Bonchev–Trinajstić information content (AvgIpc) is 2.97. The van der Waals surface area contributed by atoms with Gasteiger partial charge in [0.15, 0.2) is 0 Å². The highest BCUT2D eigenvalue weighted by Gasteiger charge is 2.31. The number of carboxylic acid groups (broad SMARTS) is 1. The Morgan fingerprint density at radius 2 is 2.23 bits per heavy atom. The number of benzene rings is 1. The number of amides is 2. The van der Waals surface area contributed by atoms with Crippen LogP contribution in [-0.2, 0) is 4.79 Å². The van der Waals surface area contributed by atoms with Gasteiger partial charge in [-0.05, 0) is 12.5 Å². The number of non-ortho nitro benzene ring substituents is 1. The molecule has 1 heterocycles. The molecule has 0 saturated carbocycles. The first-order valence-corrected chi connectivity index (χ1v) is 6.53. The van der Waals surface area contributed by atoms with Gasteiger partial charge in [-0.15, -0.1) is 0 Å². The molecule has 118 valence electrons. The van der Waals surface area contributed by atoms with Crippen molar-refractivity contribution in [2.75, 3.05) is 25.5 Å². The number of carbonyl (C=O) groups is 2. The standard InChI is InChI=1S/C13H15N3O6/c1-22-11-6-9(16(20)21)2-3-10(11)14-13(19)15-5-4-8(7-15)12(17)18/h2-3,6,8H,4-5,7H2,1H3,(H,14,19)(H,17,18). The highest BCUT2D eigenvalue weighted by atomic mass is 16.6. The Hall–Kier alpha value is -2.84. The molecule has 0 aromatic heterocycles. The summed E-state index contributed by atoms with van der Waals surface area (Å²) in [5.74, 6) is -1.33. The van der Waals surface area contributed by atoms with Crippen molar-refractivity contribution < 1.29 is 24.4 Å². The number of nitro groups is 1. The van der Waals surface area contributed by atoms with Crippen LogP contribution in [0.1, 0.15) is 6.42 Å². The lowest BCUT2D eigenvalue weighted by atomic mass is 10.1. The van der Waals surface area contributed by atoms with E-state index in [1.807, 2.05) is 0 Å². The molecule has 1 atom stereocenters. The molecule has 1 saturated heterocycles. The van der Waals surface area contributed by atoms with E-state index in [0.29, 0.717) is 13.0 Å². The smallest absolute Gasteiger partial charge is 0.321 e. The molecule has 2 rings (SSSR count). The summed E-state index contributed by atoms with van der Waals surface area (Å²) < 4.78 is 5.03. The predicted octanol–water partition coefficient (Wildman–Crippen LogP) is 1.54. The number of urea groups is 1. The molecule has 1 unspecified atom stereocenters. The molecule has 1 fully saturated rings. The topological polar surface area (TPSA) is 122 Å². The molecule has 2 N–H and O–H groups in total. The number of carbonyl (C=O) groups excluding carboxylic acids is 1. The van der Waals surface area contributed by atoms with Gasteiger partial charge in [0.1, 0.15) is 5.75 Å². The van der Waals surface area contributed by atoms with E-state index in [9.17, 15) is 19.7 Å². The van der Waals surface area contributed by atoms with E-state index in [2.05, 4.69) is 5.32 Å². The summed E-state index contributed by atoms with van der Waals surface area (Å²) >= 11 is 0. The van der Waals surface area contributed by atoms with Crippen molar-refractivity contribution in [1.82, 2.24) is 4.90 Å². The maximum Gasteiger partial charge on any atom is 0.321 e. The highest BCUT2D eigenvalue weighted by molar-refractivity contribution is 5.91. The third-order valence-electron chi connectivity index (χ3n) is 3.46. The minimum atomic E-state index is -0.928. The van der Waals surface area contributed by atoms with Crippen LogP contribution in [0.3, 0.4) is 0 Å². The van der Waals surface area contributed by atoms with Crippen LogP contribution in [0.15, 0.2) is 18.2 Å². The number of hydrogen-bond donors (Lipinski definition) is 2. The zero-order valence-electron chi connectivity index (χ0n) is 11.8. The Morgan fingerprint density at radius 1 is 1.50 bits per heavy atom. The summed E-state index contributed by atoms with van der Waals surface area (Å²) in [5.41, 5.74) is 0.138. The minimum absolute atomic E-state index is 0.135. The van der Waals surface area contributed by atoms with Crippen LogP contribution in [-0.4, -0.2) is 47.1 Å². The maximum atomic E-state index is 12.1. The molecule has 1 aromatic rings. The largest absolute Gasteiger partial charge is 0.494 e. The van der Waals surface area contributed by atoms with E-state index in [1.54, 1.807) is 0 Å². The Morgan fingerprint density at radius 3 is 2.77 bits per heavy atom. The third-order valence-corrected chi connectivity index (χ3v) is 3.46. The number of hydrogen-bond acceptors (Lipinski definition) is 5. The van der Waals surface area contributed by atoms with Gasteiger partial charge >= 0.3 is 12.0 Å². The lowest BCUT2D eigenvalue weighted by Gasteiger charge is -2.18. The lowest BCUT2D eigenvalue weighted by Crippen LogP contribution is -2.33. The number of nitrogens with one attached hydrogen (secondary N) is 1. The fourth-order valence-corrected chi connectivity index (χ4v) is 2.24. The first-order chi connectivity index (χ1) is 10.4. The number of likely N-dealkylation sites (tertiary alicyclic amines) is 1. The van der Waals surface area contributed by atoms with Crippen molar-refractivity contribution >= 4 is 23.4 Å². The molecular weight excluding hydrogens is 294 g/mol. The summed E-state index contributed by atoms with van der Waals surface area (Å²) in [4.78, 5) is 34.5. The maximum absolute atomic E-state index is 12.1. The van der Waals surface area contributed by atoms with Crippen LogP contribution >= 0.6 is 0 Å². The molecule has 1 aromatic carbocycles. The van der Waals surface area contributed by atoms with Gasteiger partial charge in [0, 0.05) is 19.2 Å². The van der Waals surface area contributed by atoms with E-state index >= 15 is 0 Å². The Kier molecular flexibility index (Phi) is 4.44. The number of nitro benzene ring substituents is 1. The van der Waals surface area contributed by atoms with E-state index in [1.165, 1.54) is 30.2 Å². The molecule has 9 nitrogen and oxygen atoms in total. The molecule has 9 heteroatoms. The van der Waals surface area contributed by atoms with E-state index in [4.69, 9.17) is 9.84 Å². The monoisotopic (exact) mass is 309 g/mol. The number of carboxylic acids is 1. The van der Waals surface area contributed by atoms with E-state index in [-0.39, 0.29) is 23.7 Å². The summed E-state index contributed by atoms with van der Waals surface area (Å²) in [6, 6.07) is 3.37. The molecule has 0 bridgehead atoms. The average molecular weight is 309 g/mol. The number of aliphatic carboxylic acids is 1. The SMILES string of the molecule is COc1cc([N+](=O)[O-])ccc1NC(=O)N1CCC(C(=O)O)C1. The van der Waals surface area contributed by atoms with Crippen molar-refractivity contribution in [2.45, 2.75) is 6.42 Å². The van der Waals surface area contributed by atoms with Crippen LogP contribution in [0.5, 0.6) is 5.75 Å². The lowest BCUT2D eigenvalue weighted by molar-refractivity contribution is -0.384. The van der Waals surface area contributed by atoms with Gasteiger partial charge in [0.05, 0.1) is 29.7 Å². The molecule has 0 aliphatic carbocycles. The number of rotatable bonds is 4. The van der Waals surface area contributed by atoms with Crippen LogP contribution < -0.4 is 10.1 Å². The molecule has 22 heavy (non-hydrogen) atoms. The molecule has 2 amide bonds. The van der Waals surface area contributed by atoms with Gasteiger partial charge in [-0.3, -0.25) is 14.9 Å². The van der Waals surface area contributed by atoms with Gasteiger partial charge < -0.3 is 20.1 Å². The zero-order valence-corrected chi connectivity index (χ0v) is 11.8. The van der Waals surface area contributed by atoms with Crippen LogP contribution in [0.25, 0.3) is 0 Å². The van der Waals surface area contributed by atoms with Crippen molar-refractivity contribution in [3.8, 4) is 5.75 Å². The molecule has 1 aliphatic rings. The first kappa shape index (κ1) is 15.5. The molecule has 0 radical (unpaired) electrons. The summed E-state index contributed by atoms with van der Waals surface area (Å²) in [7, 11) is 1.34. The molecule has 1 aliphatic heterocycles. The van der Waals surface area contributed by atoms with Gasteiger partial charge in [-0.1, -0.05) is 0 Å². The van der Waals surface area contributed by atoms with E-state index in [0.717, 1.165) is 0 Å². The van der Waals surface area contributed by atoms with Gasteiger partial charge in [-0.2, -0.15) is 0 Å². The Bertz CT molecular complexity index is 618. The highest BCUT2D eigenvalue weighted by Crippen LogP contribution is 2.29. The van der Waals surface area contributed by atoms with Gasteiger partial charge in [-0.25, -0.2) is 4.79 Å². The van der Waals surface area contributed by atoms with Crippen LogP contribution in [0.4, 0.5) is 16.2 Å². The molecule has 0 spiro atoms. The second-order valence-corrected chi connectivity index (χ2v) is 4.84. The summed E-state index contributed by atoms with van der Waals surface area (Å²) in [6.45, 7) is 0.481. The van der Waals surface area contributed by atoms with Crippen molar-refractivity contribution in [2.24, 2.45) is 5.92 Å². The predicted molar refractivity (Wildman–Crippen MR) is 76.0 cm³/mol. The summed E-state index contributed by atoms with van der Waals surface area (Å²) in [6.07, 6.45) is 0.403. The molecular formula is C13H15N3O6. The van der Waals surface area contributed by atoms with Crippen molar-refractivity contribution in [1.29, 1.82) is 0 Å². The number of nitrogens with zero attached hydrogens (tertiary/aromatic N) is 2. The summed E-state index contributed by atoms with van der Waals surface area (Å²) in [5, 5.41) is 22.2. The third kappa shape index (κ3) is 3.25. The second-order valence-electron chi connectivity index (χ2n) is 4.84. The van der Waals surface area contributed by atoms with Crippen LogP contribution in [0.2, 0.25) is 0 Å². The van der Waals surface area contributed by atoms with Crippen molar-refractivity contribution in [3.05, 3.63) is 28.3 Å². The zero-order chi connectivity index (χ0) is 16.3. The van der Waals surface area contributed by atoms with Gasteiger partial charge in [0.2, 0.25) is 0 Å². The quantitative estimate of drug-likeness (QED) is 0.642. The van der Waals surface area contributed by atoms with E-state index < -0.39 is 22.8 Å². The fraction of sp³-hybridized carbons (Fsp3) is 0.385. The fourth-order valence-electron chi connectivity index (χ4n) is 2.24. The number of methoxy groups -OCH3 is 1. The minimum Gasteiger partial charge on any atom is -0.494 e. The number of ether oxygens (including phenoxy) is 1. The Labute approximate surface area is 125 Å². The second kappa shape index (κ2) is 6.29. The number of anilines is 1. The first-order valence-electron chi connectivity index (χ1n) is 6.53. The van der Waals surface area contributed by atoms with Gasteiger partial charge in [0.25, 0.3) is 5.69 Å². The van der Waals surface area contributed by atoms with Crippen molar-refractivity contribution in [3.63, 3.8) is 0 Å².